The van der Waals surface area contributed by atoms with Gasteiger partial charge in [0, 0.05) is 23.8 Å². The van der Waals surface area contributed by atoms with Gasteiger partial charge in [0.05, 0.1) is 11.3 Å². The number of aromatic carboxylic acids is 1. The molecule has 0 saturated heterocycles. The molecule has 18 heavy (non-hydrogen) atoms. The number of aryl methyl sites for hydroxylation is 1. The molecule has 0 spiro atoms. The monoisotopic (exact) mass is 270 g/mol. The zero-order chi connectivity index (χ0) is 13.9. The summed E-state index contributed by atoms with van der Waals surface area (Å²) in [6, 6.07) is -0.285. The first-order valence-corrected chi connectivity index (χ1v) is 6.54. The molecule has 1 heterocycles. The van der Waals surface area contributed by atoms with Crippen molar-refractivity contribution in [2.24, 2.45) is 5.92 Å². The first kappa shape index (κ1) is 14.5. The standard InChI is InChI=1S/C12H18N2O3S/c1-7(2)5-14(4)12(17)13-10-8(3)18-6-9(10)11(15)16/h6-7H,5H2,1-4H3,(H,13,17)(H,15,16). The molecule has 0 radical (unpaired) electrons. The molecule has 1 rings (SSSR count). The van der Waals surface area contributed by atoms with Crippen molar-refractivity contribution in [1.29, 1.82) is 0 Å². The van der Waals surface area contributed by atoms with Crippen LogP contribution in [0.15, 0.2) is 5.38 Å². The van der Waals surface area contributed by atoms with Crippen molar-refractivity contribution in [2.45, 2.75) is 20.8 Å². The van der Waals surface area contributed by atoms with Gasteiger partial charge < -0.3 is 15.3 Å². The molecule has 1 aromatic heterocycles. The minimum Gasteiger partial charge on any atom is -0.478 e. The zero-order valence-electron chi connectivity index (χ0n) is 11.0. The summed E-state index contributed by atoms with van der Waals surface area (Å²) in [5.41, 5.74) is 0.539. The summed E-state index contributed by atoms with van der Waals surface area (Å²) in [5, 5.41) is 13.2. The number of nitrogens with zero attached hydrogens (tertiary/aromatic N) is 1. The predicted molar refractivity (Wildman–Crippen MR) is 72.5 cm³/mol. The molecule has 6 heteroatoms. The molecular weight excluding hydrogens is 252 g/mol. The highest BCUT2D eigenvalue weighted by Crippen LogP contribution is 2.27. The summed E-state index contributed by atoms with van der Waals surface area (Å²) in [4.78, 5) is 25.2. The van der Waals surface area contributed by atoms with Gasteiger partial charge in [-0.2, -0.15) is 0 Å². The van der Waals surface area contributed by atoms with Crippen molar-refractivity contribution in [3.8, 4) is 0 Å². The second-order valence-electron chi connectivity index (χ2n) is 4.59. The van der Waals surface area contributed by atoms with Gasteiger partial charge in [-0.25, -0.2) is 9.59 Å². The number of urea groups is 1. The Morgan fingerprint density at radius 2 is 2.11 bits per heavy atom. The fourth-order valence-electron chi connectivity index (χ4n) is 1.60. The average Bonchev–Trinajstić information content (AvgIpc) is 2.59. The van der Waals surface area contributed by atoms with E-state index in [2.05, 4.69) is 5.32 Å². The number of hydrogen-bond donors (Lipinski definition) is 2. The number of hydrogen-bond acceptors (Lipinski definition) is 3. The molecule has 2 amide bonds. The molecule has 5 nitrogen and oxygen atoms in total. The van der Waals surface area contributed by atoms with Crippen molar-refractivity contribution in [2.75, 3.05) is 18.9 Å². The summed E-state index contributed by atoms with van der Waals surface area (Å²) < 4.78 is 0. The molecule has 1 aromatic rings. The van der Waals surface area contributed by atoms with E-state index >= 15 is 0 Å². The molecular formula is C12H18N2O3S. The van der Waals surface area contributed by atoms with Gasteiger partial charge in [-0.3, -0.25) is 0 Å². The maximum Gasteiger partial charge on any atom is 0.338 e. The number of carbonyl (C=O) groups excluding carboxylic acids is 1. The molecule has 0 bridgehead atoms. The van der Waals surface area contributed by atoms with E-state index in [4.69, 9.17) is 5.11 Å². The Morgan fingerprint density at radius 1 is 1.50 bits per heavy atom. The Morgan fingerprint density at radius 3 is 2.61 bits per heavy atom. The zero-order valence-corrected chi connectivity index (χ0v) is 11.8. The Kier molecular flexibility index (Phi) is 4.72. The van der Waals surface area contributed by atoms with Gasteiger partial charge >= 0.3 is 12.0 Å². The number of thiophene rings is 1. The van der Waals surface area contributed by atoms with Gasteiger partial charge in [0.15, 0.2) is 0 Å². The molecule has 0 saturated carbocycles. The fraction of sp³-hybridized carbons (Fsp3) is 0.500. The SMILES string of the molecule is Cc1scc(C(=O)O)c1NC(=O)N(C)CC(C)C. The van der Waals surface area contributed by atoms with E-state index in [0.29, 0.717) is 18.2 Å². The Labute approximate surface area is 110 Å². The Hall–Kier alpha value is -1.56. The van der Waals surface area contributed by atoms with E-state index in [9.17, 15) is 9.59 Å². The van der Waals surface area contributed by atoms with Crippen LogP contribution in [0.4, 0.5) is 10.5 Å². The number of anilines is 1. The van der Waals surface area contributed by atoms with Crippen LogP contribution in [0, 0.1) is 12.8 Å². The van der Waals surface area contributed by atoms with E-state index in [1.807, 2.05) is 13.8 Å². The lowest BCUT2D eigenvalue weighted by atomic mass is 10.2. The van der Waals surface area contributed by atoms with Crippen LogP contribution in [0.3, 0.4) is 0 Å². The van der Waals surface area contributed by atoms with Gasteiger partial charge in [0.1, 0.15) is 0 Å². The van der Waals surface area contributed by atoms with Crippen LogP contribution in [-0.2, 0) is 0 Å². The second kappa shape index (κ2) is 5.86. The second-order valence-corrected chi connectivity index (χ2v) is 5.67. The molecule has 100 valence electrons. The third kappa shape index (κ3) is 3.46. The minimum absolute atomic E-state index is 0.142. The number of carbonyl (C=O) groups is 2. The van der Waals surface area contributed by atoms with Gasteiger partial charge in [-0.15, -0.1) is 11.3 Å². The van der Waals surface area contributed by atoms with Crippen LogP contribution in [0.25, 0.3) is 0 Å². The van der Waals surface area contributed by atoms with Gasteiger partial charge in [0.2, 0.25) is 0 Å². The van der Waals surface area contributed by atoms with Crippen LogP contribution >= 0.6 is 11.3 Å². The normalized spacial score (nSPS) is 10.5. The van der Waals surface area contributed by atoms with E-state index < -0.39 is 5.97 Å². The van der Waals surface area contributed by atoms with E-state index in [-0.39, 0.29) is 11.6 Å². The third-order valence-electron chi connectivity index (χ3n) is 2.42. The summed E-state index contributed by atoms with van der Waals surface area (Å²) in [6.07, 6.45) is 0. The lowest BCUT2D eigenvalue weighted by molar-refractivity contribution is 0.0698. The largest absolute Gasteiger partial charge is 0.478 e. The van der Waals surface area contributed by atoms with Crippen LogP contribution in [0.1, 0.15) is 29.1 Å². The number of amides is 2. The number of carboxylic acid groups (broad SMARTS) is 1. The lowest BCUT2D eigenvalue weighted by Gasteiger charge is -2.20. The minimum atomic E-state index is -1.03. The Bertz CT molecular complexity index is 454. The fourth-order valence-corrected chi connectivity index (χ4v) is 2.39. The molecule has 0 atom stereocenters. The predicted octanol–water partition coefficient (Wildman–Crippen LogP) is 2.87. The van der Waals surface area contributed by atoms with E-state index in [1.165, 1.54) is 16.7 Å². The summed E-state index contributed by atoms with van der Waals surface area (Å²) >= 11 is 1.31. The molecule has 0 aromatic carbocycles. The van der Waals surface area contributed by atoms with Gasteiger partial charge in [-0.1, -0.05) is 13.8 Å². The highest BCUT2D eigenvalue weighted by molar-refractivity contribution is 7.10. The van der Waals surface area contributed by atoms with Crippen molar-refractivity contribution in [1.82, 2.24) is 4.90 Å². The molecule has 2 N–H and O–H groups in total. The number of nitrogens with one attached hydrogen (secondary N) is 1. The molecule has 0 fully saturated rings. The summed E-state index contributed by atoms with van der Waals surface area (Å²) in [5.74, 6) is -0.663. The first-order chi connectivity index (χ1) is 8.32. The van der Waals surface area contributed by atoms with Crippen molar-refractivity contribution in [3.05, 3.63) is 15.8 Å². The third-order valence-corrected chi connectivity index (χ3v) is 3.33. The van der Waals surface area contributed by atoms with Crippen LogP contribution in [0.5, 0.6) is 0 Å². The first-order valence-electron chi connectivity index (χ1n) is 5.66. The highest BCUT2D eigenvalue weighted by atomic mass is 32.1. The van der Waals surface area contributed by atoms with Crippen molar-refractivity contribution >= 4 is 29.0 Å². The quantitative estimate of drug-likeness (QED) is 0.883. The molecule has 0 aliphatic rings. The molecule has 0 aliphatic heterocycles. The lowest BCUT2D eigenvalue weighted by Crippen LogP contribution is -2.34. The van der Waals surface area contributed by atoms with Crippen LogP contribution < -0.4 is 5.32 Å². The topological polar surface area (TPSA) is 69.6 Å². The average molecular weight is 270 g/mol. The highest BCUT2D eigenvalue weighted by Gasteiger charge is 2.18. The summed E-state index contributed by atoms with van der Waals surface area (Å²) in [7, 11) is 1.69. The number of carboxylic acids is 1. The molecule has 0 aliphatic carbocycles. The molecule has 0 unspecified atom stereocenters. The maximum atomic E-state index is 11.9. The van der Waals surface area contributed by atoms with Crippen molar-refractivity contribution < 1.29 is 14.7 Å². The number of rotatable bonds is 4. The van der Waals surface area contributed by atoms with E-state index in [1.54, 1.807) is 18.9 Å². The Balaban J connectivity index is 2.81. The van der Waals surface area contributed by atoms with Gasteiger partial charge in [-0.05, 0) is 12.8 Å². The van der Waals surface area contributed by atoms with Crippen molar-refractivity contribution in [3.63, 3.8) is 0 Å². The van der Waals surface area contributed by atoms with Crippen LogP contribution in [-0.4, -0.2) is 35.6 Å². The maximum absolute atomic E-state index is 11.9. The van der Waals surface area contributed by atoms with Gasteiger partial charge in [0.25, 0.3) is 0 Å². The smallest absolute Gasteiger partial charge is 0.338 e. The van der Waals surface area contributed by atoms with E-state index in [0.717, 1.165) is 4.88 Å². The summed E-state index contributed by atoms with van der Waals surface area (Å²) in [6.45, 7) is 6.44. The van der Waals surface area contributed by atoms with Crippen LogP contribution in [0.2, 0.25) is 0 Å².